The quantitative estimate of drug-likeness (QED) is 0.416. The molecule has 0 unspecified atom stereocenters. The Kier molecular flexibility index (Phi) is 8.58. The van der Waals surface area contributed by atoms with Gasteiger partial charge in [0.15, 0.2) is 6.10 Å². The van der Waals surface area contributed by atoms with E-state index in [1.54, 1.807) is 5.38 Å². The molecule has 0 bridgehead atoms. The second-order valence-electron chi connectivity index (χ2n) is 11.4. The average Bonchev–Trinajstić information content (AvgIpc) is 3.24. The number of hydrogen-bond acceptors (Lipinski definition) is 8. The maximum absolute atomic E-state index is 15.4. The van der Waals surface area contributed by atoms with Gasteiger partial charge in [0.2, 0.25) is 0 Å². The first kappa shape index (κ1) is 28.3. The van der Waals surface area contributed by atoms with E-state index in [0.717, 1.165) is 30.7 Å². The molecular formula is C28H40FNO6S. The van der Waals surface area contributed by atoms with Crippen LogP contribution in [0.3, 0.4) is 0 Å². The van der Waals surface area contributed by atoms with Crippen LogP contribution >= 0.6 is 11.3 Å². The number of aliphatic hydroxyl groups excluding tert-OH is 2. The average molecular weight is 538 g/mol. The molecule has 3 aliphatic rings. The second kappa shape index (κ2) is 11.2. The number of aliphatic hydroxyl groups is 2. The number of hydrogen-bond donors (Lipinski definition) is 2. The maximum Gasteiger partial charge on any atom is 0.309 e. The lowest BCUT2D eigenvalue weighted by molar-refractivity contribution is -0.162. The molecule has 9 heteroatoms. The van der Waals surface area contributed by atoms with Crippen molar-refractivity contribution in [1.82, 2.24) is 4.98 Å². The van der Waals surface area contributed by atoms with Gasteiger partial charge in [-0.2, -0.15) is 0 Å². The van der Waals surface area contributed by atoms with E-state index in [4.69, 9.17) is 9.47 Å². The zero-order valence-electron chi connectivity index (χ0n) is 22.2. The number of epoxide rings is 1. The van der Waals surface area contributed by atoms with E-state index in [9.17, 15) is 19.8 Å². The van der Waals surface area contributed by atoms with E-state index in [0.29, 0.717) is 25.0 Å². The molecule has 1 saturated carbocycles. The normalized spacial score (nSPS) is 37.5. The van der Waals surface area contributed by atoms with Crippen LogP contribution in [0, 0.1) is 24.2 Å². The molecule has 3 heterocycles. The number of cyclic esters (lactones) is 1. The van der Waals surface area contributed by atoms with E-state index in [2.05, 4.69) is 4.98 Å². The van der Waals surface area contributed by atoms with Crippen molar-refractivity contribution < 1.29 is 33.7 Å². The van der Waals surface area contributed by atoms with Gasteiger partial charge in [-0.05, 0) is 57.9 Å². The summed E-state index contributed by atoms with van der Waals surface area (Å²) in [5.41, 5.74) is -1.07. The molecule has 3 fully saturated rings. The predicted molar refractivity (Wildman–Crippen MR) is 138 cm³/mol. The van der Waals surface area contributed by atoms with Crippen molar-refractivity contribution in [3.8, 4) is 0 Å². The van der Waals surface area contributed by atoms with E-state index in [1.165, 1.54) is 17.4 Å². The molecule has 0 amide bonds. The number of aryl methyl sites for hydroxylation is 1. The molecule has 2 N–H and O–H groups in total. The molecule has 206 valence electrons. The molecule has 0 radical (unpaired) electrons. The third-order valence-electron chi connectivity index (χ3n) is 8.81. The largest absolute Gasteiger partial charge is 0.455 e. The molecule has 7 nitrogen and oxygen atoms in total. The molecule has 4 rings (SSSR count). The van der Waals surface area contributed by atoms with Gasteiger partial charge in [0.05, 0.1) is 46.5 Å². The lowest BCUT2D eigenvalue weighted by Gasteiger charge is -2.46. The number of fused-ring (bicyclic) bond motifs is 1. The first-order valence-corrected chi connectivity index (χ1v) is 14.4. The van der Waals surface area contributed by atoms with Gasteiger partial charge in [0.1, 0.15) is 11.6 Å². The number of thiazole rings is 1. The Balaban J connectivity index is 1.59. The molecule has 7 atom stereocenters. The number of carbonyl (C=O) groups is 2. The number of halogens is 1. The molecular weight excluding hydrogens is 497 g/mol. The number of nitrogens with zero attached hydrogens (tertiary/aromatic N) is 1. The van der Waals surface area contributed by atoms with Crippen LogP contribution in [0.25, 0.3) is 6.08 Å². The molecule has 2 aliphatic heterocycles. The number of aromatic nitrogens is 1. The molecule has 1 aromatic rings. The van der Waals surface area contributed by atoms with Crippen LogP contribution in [0.1, 0.15) is 89.3 Å². The SMILES string of the molecule is CC[C@H]1C(=O)C2(CCC2)[C@@H](O)CC(=O)O[C@H](C(F)=Cc2csc(C)n2)C[C@@H]2O[C@@]2(C)CCC[C@H](C)[C@@H]1O. The van der Waals surface area contributed by atoms with Crippen LogP contribution in [0.15, 0.2) is 11.2 Å². The fraction of sp³-hybridized carbons (Fsp3) is 0.750. The zero-order valence-corrected chi connectivity index (χ0v) is 23.1. The summed E-state index contributed by atoms with van der Waals surface area (Å²) in [5.74, 6) is -2.26. The Bertz CT molecular complexity index is 1020. The fourth-order valence-electron chi connectivity index (χ4n) is 6.06. The van der Waals surface area contributed by atoms with Gasteiger partial charge in [-0.15, -0.1) is 11.3 Å². The van der Waals surface area contributed by atoms with Crippen molar-refractivity contribution in [2.75, 3.05) is 0 Å². The third kappa shape index (κ3) is 6.00. The van der Waals surface area contributed by atoms with E-state index in [1.807, 2.05) is 27.7 Å². The minimum atomic E-state index is -1.25. The lowest BCUT2D eigenvalue weighted by Crippen LogP contribution is -2.53. The summed E-state index contributed by atoms with van der Waals surface area (Å²) in [6, 6.07) is 0. The number of carbonyl (C=O) groups excluding carboxylic acids is 2. The van der Waals surface area contributed by atoms with Gasteiger partial charge in [-0.1, -0.05) is 26.7 Å². The summed E-state index contributed by atoms with van der Waals surface area (Å²) < 4.78 is 26.9. The molecule has 1 spiro atoms. The third-order valence-corrected chi connectivity index (χ3v) is 9.60. The van der Waals surface area contributed by atoms with Crippen molar-refractivity contribution in [2.45, 2.75) is 115 Å². The minimum absolute atomic E-state index is 0.100. The van der Waals surface area contributed by atoms with Crippen LogP contribution < -0.4 is 0 Å². The predicted octanol–water partition coefficient (Wildman–Crippen LogP) is 4.92. The Labute approximate surface area is 222 Å². The Morgan fingerprint density at radius 1 is 1.27 bits per heavy atom. The van der Waals surface area contributed by atoms with E-state index < -0.39 is 53.5 Å². The highest BCUT2D eigenvalue weighted by Gasteiger charge is 2.55. The standard InChI is InChI=1S/C28H40FNO6S/c1-5-19-25(33)16(2)8-6-9-27(4)23(36-27)13-21(20(29)12-18-15-37-17(3)30-18)35-24(32)14-22(31)28(26(19)34)10-7-11-28/h12,15-16,19,21-23,25,31,33H,5-11,13-14H2,1-4H3/t16-,19+,21-,22-,23-,25-,27-/m0/s1. The number of Topliss-reactive ketones (excluding diaryl/α,β-unsaturated/α-hetero) is 1. The number of esters is 1. The van der Waals surface area contributed by atoms with Crippen molar-refractivity contribution in [1.29, 1.82) is 0 Å². The van der Waals surface area contributed by atoms with Gasteiger partial charge >= 0.3 is 5.97 Å². The van der Waals surface area contributed by atoms with Crippen molar-refractivity contribution in [3.63, 3.8) is 0 Å². The fourth-order valence-corrected chi connectivity index (χ4v) is 6.63. The Morgan fingerprint density at radius 2 is 2.00 bits per heavy atom. The highest BCUT2D eigenvalue weighted by Crippen LogP contribution is 2.49. The molecule has 1 aliphatic carbocycles. The van der Waals surface area contributed by atoms with Crippen LogP contribution in [0.5, 0.6) is 0 Å². The van der Waals surface area contributed by atoms with E-state index >= 15 is 4.39 Å². The number of ketones is 1. The van der Waals surface area contributed by atoms with Crippen molar-refractivity contribution >= 4 is 29.2 Å². The summed E-state index contributed by atoms with van der Waals surface area (Å²) in [6.45, 7) is 7.62. The van der Waals surface area contributed by atoms with Crippen LogP contribution in [-0.2, 0) is 19.1 Å². The Morgan fingerprint density at radius 3 is 2.59 bits per heavy atom. The second-order valence-corrected chi connectivity index (χ2v) is 12.5. The smallest absolute Gasteiger partial charge is 0.309 e. The van der Waals surface area contributed by atoms with Crippen LogP contribution in [0.2, 0.25) is 0 Å². The summed E-state index contributed by atoms with van der Waals surface area (Å²) >= 11 is 1.40. The summed E-state index contributed by atoms with van der Waals surface area (Å²) in [4.78, 5) is 30.9. The monoisotopic (exact) mass is 537 g/mol. The summed E-state index contributed by atoms with van der Waals surface area (Å²) in [7, 11) is 0. The number of rotatable bonds is 3. The maximum atomic E-state index is 15.4. The van der Waals surface area contributed by atoms with Gasteiger partial charge < -0.3 is 19.7 Å². The Hall–Kier alpha value is -1.68. The molecule has 37 heavy (non-hydrogen) atoms. The van der Waals surface area contributed by atoms with Crippen LogP contribution in [0.4, 0.5) is 4.39 Å². The van der Waals surface area contributed by atoms with Crippen molar-refractivity contribution in [2.24, 2.45) is 17.3 Å². The minimum Gasteiger partial charge on any atom is -0.455 e. The molecule has 1 aromatic heterocycles. The van der Waals surface area contributed by atoms with Gasteiger partial charge in [-0.25, -0.2) is 9.37 Å². The molecule has 2 saturated heterocycles. The topological polar surface area (TPSA) is 109 Å². The van der Waals surface area contributed by atoms with Crippen molar-refractivity contribution in [3.05, 3.63) is 21.9 Å². The van der Waals surface area contributed by atoms with E-state index in [-0.39, 0.29) is 24.2 Å². The van der Waals surface area contributed by atoms with Gasteiger partial charge in [0, 0.05) is 17.7 Å². The summed E-state index contributed by atoms with van der Waals surface area (Å²) in [5, 5.41) is 24.7. The highest BCUT2D eigenvalue weighted by atomic mass is 32.1. The first-order chi connectivity index (χ1) is 17.5. The molecule has 0 aromatic carbocycles. The first-order valence-electron chi connectivity index (χ1n) is 13.6. The van der Waals surface area contributed by atoms with Gasteiger partial charge in [-0.3, -0.25) is 9.59 Å². The highest BCUT2D eigenvalue weighted by molar-refractivity contribution is 7.09. The van der Waals surface area contributed by atoms with Crippen LogP contribution in [-0.4, -0.2) is 57.0 Å². The lowest BCUT2D eigenvalue weighted by atomic mass is 9.58. The zero-order chi connectivity index (χ0) is 27.0. The number of ether oxygens (including phenoxy) is 2. The van der Waals surface area contributed by atoms with Gasteiger partial charge in [0.25, 0.3) is 0 Å². The summed E-state index contributed by atoms with van der Waals surface area (Å²) in [6.07, 6.45) is 1.91.